The van der Waals surface area contributed by atoms with E-state index >= 15 is 0 Å². The van der Waals surface area contributed by atoms with Crippen molar-refractivity contribution in [1.29, 1.82) is 0 Å². The molecule has 1 heterocycles. The van der Waals surface area contributed by atoms with Crippen LogP contribution in [0.5, 0.6) is 11.6 Å². The molecule has 1 aliphatic carbocycles. The first kappa shape index (κ1) is 19.0. The first-order valence-electron chi connectivity index (χ1n) is 9.69. The molecule has 2 aromatic carbocycles. The molecule has 0 saturated heterocycles. The average Bonchev–Trinajstić information content (AvgIpc) is 3.05. The molecule has 0 aliphatic heterocycles. The van der Waals surface area contributed by atoms with E-state index in [1.54, 1.807) is 0 Å². The average molecular weight is 394 g/mol. The Morgan fingerprint density at radius 2 is 1.86 bits per heavy atom. The van der Waals surface area contributed by atoms with Crippen molar-refractivity contribution in [3.63, 3.8) is 0 Å². The van der Waals surface area contributed by atoms with E-state index in [4.69, 9.17) is 21.1 Å². The lowest BCUT2D eigenvalue weighted by Crippen LogP contribution is -2.22. The number of fused-ring (bicyclic) bond motifs is 1. The van der Waals surface area contributed by atoms with Gasteiger partial charge in [0.1, 0.15) is 5.75 Å². The third kappa shape index (κ3) is 4.21. The zero-order valence-electron chi connectivity index (χ0n) is 16.1. The van der Waals surface area contributed by atoms with Crippen LogP contribution in [0.3, 0.4) is 0 Å². The summed E-state index contributed by atoms with van der Waals surface area (Å²) in [5, 5.41) is 0.786. The van der Waals surface area contributed by atoms with Gasteiger partial charge in [0, 0.05) is 17.0 Å². The Morgan fingerprint density at radius 1 is 1.04 bits per heavy atom. The normalized spacial score (nSPS) is 18.3. The number of hydrogen-bond acceptors (Lipinski definition) is 3. The second-order valence-corrected chi connectivity index (χ2v) is 7.99. The molecule has 1 aromatic heterocycles. The molecule has 2 atom stereocenters. The Bertz CT molecular complexity index is 942. The number of nitrogens with zero attached hydrogens (tertiary/aromatic N) is 1. The van der Waals surface area contributed by atoms with E-state index < -0.39 is 0 Å². The van der Waals surface area contributed by atoms with Crippen LogP contribution in [0.2, 0.25) is 5.02 Å². The summed E-state index contributed by atoms with van der Waals surface area (Å²) in [5.74, 6) is 2.22. The fourth-order valence-electron chi connectivity index (χ4n) is 3.97. The van der Waals surface area contributed by atoms with Crippen molar-refractivity contribution in [1.82, 2.24) is 4.98 Å². The molecule has 3 nitrogen and oxygen atoms in total. The summed E-state index contributed by atoms with van der Waals surface area (Å²) in [6.07, 6.45) is 1.02. The lowest BCUT2D eigenvalue weighted by Gasteiger charge is -2.24. The summed E-state index contributed by atoms with van der Waals surface area (Å²) in [5.41, 5.74) is 3.52. The van der Waals surface area contributed by atoms with Crippen LogP contribution in [0.4, 0.5) is 0 Å². The first-order valence-corrected chi connectivity index (χ1v) is 10.1. The molecular formula is C24H24ClNO2. The lowest BCUT2D eigenvalue weighted by atomic mass is 9.88. The fourth-order valence-corrected chi connectivity index (χ4v) is 4.16. The number of benzene rings is 2. The molecule has 1 aliphatic rings. The van der Waals surface area contributed by atoms with Crippen LogP contribution in [0.15, 0.2) is 66.7 Å². The van der Waals surface area contributed by atoms with Gasteiger partial charge in [0.2, 0.25) is 5.88 Å². The molecule has 0 fully saturated rings. The summed E-state index contributed by atoms with van der Waals surface area (Å²) < 4.78 is 12.2. The molecule has 0 bridgehead atoms. The molecule has 0 amide bonds. The summed E-state index contributed by atoms with van der Waals surface area (Å²) in [6.45, 7) is 4.95. The van der Waals surface area contributed by atoms with Gasteiger partial charge in [0.15, 0.2) is 0 Å². The molecule has 3 aromatic rings. The van der Waals surface area contributed by atoms with E-state index in [-0.39, 0.29) is 6.10 Å². The van der Waals surface area contributed by atoms with E-state index in [9.17, 15) is 0 Å². The Kier molecular flexibility index (Phi) is 5.65. The highest BCUT2D eigenvalue weighted by atomic mass is 35.5. The zero-order valence-corrected chi connectivity index (χ0v) is 16.9. The second kappa shape index (κ2) is 8.34. The van der Waals surface area contributed by atoms with Gasteiger partial charge in [-0.3, -0.25) is 0 Å². The number of aromatic nitrogens is 1. The number of rotatable bonds is 6. The van der Waals surface area contributed by atoms with Crippen molar-refractivity contribution < 1.29 is 9.47 Å². The highest BCUT2D eigenvalue weighted by molar-refractivity contribution is 6.30. The quantitative estimate of drug-likeness (QED) is 0.485. The largest absolute Gasteiger partial charge is 0.439 e. The van der Waals surface area contributed by atoms with Crippen molar-refractivity contribution in [2.75, 3.05) is 0 Å². The maximum absolute atomic E-state index is 6.33. The highest BCUT2D eigenvalue weighted by Gasteiger charge is 2.35. The van der Waals surface area contributed by atoms with E-state index in [1.165, 1.54) is 11.1 Å². The van der Waals surface area contributed by atoms with E-state index in [0.717, 1.165) is 22.9 Å². The molecule has 0 radical (unpaired) electrons. The number of hydrogen-bond donors (Lipinski definition) is 0. The van der Waals surface area contributed by atoms with E-state index in [2.05, 4.69) is 31.0 Å². The summed E-state index contributed by atoms with van der Waals surface area (Å²) in [6, 6.07) is 21.7. The van der Waals surface area contributed by atoms with Crippen LogP contribution in [0.25, 0.3) is 0 Å². The monoisotopic (exact) mass is 393 g/mol. The number of ether oxygens (including phenoxy) is 2. The number of pyridine rings is 1. The molecule has 28 heavy (non-hydrogen) atoms. The van der Waals surface area contributed by atoms with Gasteiger partial charge in [-0.25, -0.2) is 4.98 Å². The topological polar surface area (TPSA) is 31.4 Å². The molecule has 144 valence electrons. The molecule has 0 unspecified atom stereocenters. The van der Waals surface area contributed by atoms with Gasteiger partial charge in [0.25, 0.3) is 0 Å². The standard InChI is InChI=1S/C24H24ClNO2/c1-16(2)24-21-12-11-18(25)13-17(21)14-22(24)27-15-19-7-6-10-23(26-19)28-20-8-4-3-5-9-20/h3-13,16,22,24H,14-15H2,1-2H3/t22-,24-/m1/s1. The van der Waals surface area contributed by atoms with Gasteiger partial charge in [-0.1, -0.05) is 55.8 Å². The van der Waals surface area contributed by atoms with Crippen LogP contribution >= 0.6 is 11.6 Å². The van der Waals surface area contributed by atoms with Gasteiger partial charge < -0.3 is 9.47 Å². The molecule has 0 spiro atoms. The smallest absolute Gasteiger partial charge is 0.219 e. The predicted octanol–water partition coefficient (Wildman–Crippen LogP) is 6.41. The van der Waals surface area contributed by atoms with E-state index in [0.29, 0.717) is 24.3 Å². The first-order chi connectivity index (χ1) is 13.6. The molecule has 0 saturated carbocycles. The molecular weight excluding hydrogens is 370 g/mol. The molecule has 4 heteroatoms. The maximum Gasteiger partial charge on any atom is 0.219 e. The van der Waals surface area contributed by atoms with Crippen molar-refractivity contribution in [3.05, 3.63) is 88.6 Å². The molecule has 0 N–H and O–H groups in total. The Labute approximate surface area is 171 Å². The fraction of sp³-hybridized carbons (Fsp3) is 0.292. The van der Waals surface area contributed by atoms with Crippen molar-refractivity contribution in [2.24, 2.45) is 5.92 Å². The zero-order chi connectivity index (χ0) is 19.5. The Balaban J connectivity index is 1.45. The Morgan fingerprint density at radius 3 is 2.64 bits per heavy atom. The van der Waals surface area contributed by atoms with Crippen molar-refractivity contribution in [2.45, 2.75) is 38.9 Å². The van der Waals surface area contributed by atoms with Gasteiger partial charge in [-0.2, -0.15) is 0 Å². The van der Waals surface area contributed by atoms with Crippen LogP contribution in [0, 0.1) is 5.92 Å². The number of para-hydroxylation sites is 1. The number of halogens is 1. The van der Waals surface area contributed by atoms with Gasteiger partial charge in [0.05, 0.1) is 18.4 Å². The molecule has 4 rings (SSSR count). The Hall–Kier alpha value is -2.36. The summed E-state index contributed by atoms with van der Waals surface area (Å²) in [4.78, 5) is 4.59. The van der Waals surface area contributed by atoms with Gasteiger partial charge >= 0.3 is 0 Å². The van der Waals surface area contributed by atoms with Crippen molar-refractivity contribution in [3.8, 4) is 11.6 Å². The summed E-state index contributed by atoms with van der Waals surface area (Å²) >= 11 is 6.19. The minimum absolute atomic E-state index is 0.133. The second-order valence-electron chi connectivity index (χ2n) is 7.55. The lowest BCUT2D eigenvalue weighted by molar-refractivity contribution is 0.0187. The highest BCUT2D eigenvalue weighted by Crippen LogP contribution is 2.41. The van der Waals surface area contributed by atoms with Crippen LogP contribution < -0.4 is 4.74 Å². The van der Waals surface area contributed by atoms with Crippen LogP contribution in [0.1, 0.15) is 36.6 Å². The third-order valence-corrected chi connectivity index (χ3v) is 5.43. The van der Waals surface area contributed by atoms with Crippen molar-refractivity contribution >= 4 is 11.6 Å². The van der Waals surface area contributed by atoms with Crippen LogP contribution in [-0.2, 0) is 17.8 Å². The SMILES string of the molecule is CC(C)[C@@H]1c2ccc(Cl)cc2C[C@H]1OCc1cccc(Oc2ccccc2)n1. The van der Waals surface area contributed by atoms with Gasteiger partial charge in [-0.05, 0) is 53.8 Å². The predicted molar refractivity (Wildman–Crippen MR) is 112 cm³/mol. The minimum atomic E-state index is 0.133. The van der Waals surface area contributed by atoms with Crippen LogP contribution in [-0.4, -0.2) is 11.1 Å². The van der Waals surface area contributed by atoms with Gasteiger partial charge in [-0.15, -0.1) is 0 Å². The van der Waals surface area contributed by atoms with E-state index in [1.807, 2.05) is 54.6 Å². The maximum atomic E-state index is 6.33. The minimum Gasteiger partial charge on any atom is -0.439 e. The summed E-state index contributed by atoms with van der Waals surface area (Å²) in [7, 11) is 0. The third-order valence-electron chi connectivity index (χ3n) is 5.20.